The van der Waals surface area contributed by atoms with Crippen LogP contribution in [0.4, 0.5) is 5.82 Å². The van der Waals surface area contributed by atoms with Gasteiger partial charge in [-0.25, -0.2) is 18.4 Å². The number of oxime groups is 1. The normalized spacial score (nSPS) is 15.2. The second-order valence-corrected chi connectivity index (χ2v) is 10.7. The summed E-state index contributed by atoms with van der Waals surface area (Å²) in [5, 5.41) is 4.33. The zero-order valence-corrected chi connectivity index (χ0v) is 22.0. The van der Waals surface area contributed by atoms with E-state index in [0.717, 1.165) is 5.56 Å². The van der Waals surface area contributed by atoms with E-state index in [-0.39, 0.29) is 10.7 Å². The van der Waals surface area contributed by atoms with Crippen molar-refractivity contribution in [1.82, 2.24) is 24.2 Å². The molecule has 0 saturated carbocycles. The monoisotopic (exact) mass is 525 g/mol. The number of hydrogen-bond acceptors (Lipinski definition) is 10. The van der Waals surface area contributed by atoms with Crippen molar-refractivity contribution in [2.75, 3.05) is 59.3 Å². The van der Waals surface area contributed by atoms with Gasteiger partial charge in [-0.05, 0) is 50.8 Å². The minimum absolute atomic E-state index is 0.164. The molecule has 1 saturated heterocycles. The molecule has 196 valence electrons. The Morgan fingerprint density at radius 3 is 2.70 bits per heavy atom. The van der Waals surface area contributed by atoms with E-state index in [2.05, 4.69) is 15.1 Å². The van der Waals surface area contributed by atoms with Crippen molar-refractivity contribution in [3.8, 4) is 11.3 Å². The van der Waals surface area contributed by atoms with Crippen LogP contribution in [0.3, 0.4) is 0 Å². The molecule has 1 fully saturated rings. The number of morpholine rings is 1. The van der Waals surface area contributed by atoms with Crippen molar-refractivity contribution < 1.29 is 18.0 Å². The Morgan fingerprint density at radius 2 is 2.00 bits per heavy atom. The highest BCUT2D eigenvalue weighted by Crippen LogP contribution is 2.28. The number of nitrogens with two attached hydrogens (primary N) is 1. The maximum atomic E-state index is 13.3. The molecule has 0 aliphatic carbocycles. The topological polar surface area (TPSA) is 136 Å². The Morgan fingerprint density at radius 1 is 1.22 bits per heavy atom. The van der Waals surface area contributed by atoms with E-state index < -0.39 is 10.0 Å². The predicted octanol–water partition coefficient (Wildman–Crippen LogP) is 1.78. The Hall–Kier alpha value is -3.45. The van der Waals surface area contributed by atoms with E-state index >= 15 is 0 Å². The quantitative estimate of drug-likeness (QED) is 0.252. The van der Waals surface area contributed by atoms with Crippen LogP contribution in [0.15, 0.2) is 59.0 Å². The summed E-state index contributed by atoms with van der Waals surface area (Å²) < 4.78 is 33.3. The van der Waals surface area contributed by atoms with Crippen LogP contribution < -0.4 is 5.73 Å². The van der Waals surface area contributed by atoms with Crippen LogP contribution in [-0.2, 0) is 19.6 Å². The second kappa shape index (κ2) is 11.7. The molecule has 3 heterocycles. The lowest BCUT2D eigenvalue weighted by Crippen LogP contribution is -2.40. The molecular formula is C25H31N7O4S. The first-order valence-electron chi connectivity index (χ1n) is 11.8. The first kappa shape index (κ1) is 26.6. The summed E-state index contributed by atoms with van der Waals surface area (Å²) in [5.74, 6) is 0.164. The fourth-order valence-corrected chi connectivity index (χ4v) is 5.18. The van der Waals surface area contributed by atoms with Crippen LogP contribution in [0.25, 0.3) is 11.3 Å². The molecule has 2 aromatic heterocycles. The van der Waals surface area contributed by atoms with E-state index in [1.807, 2.05) is 32.0 Å². The van der Waals surface area contributed by atoms with Gasteiger partial charge in [0.1, 0.15) is 18.0 Å². The molecule has 37 heavy (non-hydrogen) atoms. The third kappa shape index (κ3) is 6.28. The molecule has 0 unspecified atom stereocenters. The minimum atomic E-state index is -3.68. The maximum absolute atomic E-state index is 13.3. The molecule has 1 aromatic carbocycles. The Bertz CT molecular complexity index is 1360. The number of nitrogens with zero attached hydrogens (tertiary/aromatic N) is 6. The van der Waals surface area contributed by atoms with Gasteiger partial charge < -0.3 is 20.2 Å². The molecule has 1 aliphatic heterocycles. The average Bonchev–Trinajstić information content (AvgIpc) is 2.90. The summed E-state index contributed by atoms with van der Waals surface area (Å²) in [5.41, 5.74) is 9.53. The van der Waals surface area contributed by atoms with E-state index in [0.29, 0.717) is 67.7 Å². The molecule has 0 spiro atoms. The van der Waals surface area contributed by atoms with E-state index in [1.54, 1.807) is 36.7 Å². The third-order valence-electron chi connectivity index (χ3n) is 5.84. The standard InChI is InChI=1S/C25H31N7O4S/c1-18-6-7-20(37(33,34)32-10-12-35-13-11-32)15-21(18)22-17-28-25(26)24(29-22)23(19-5-4-8-27-16-19)30-36-14-9-31(2)3/h4-8,15-17H,9-14H2,1-3H3,(H2,26,28). The van der Waals surface area contributed by atoms with Crippen molar-refractivity contribution in [2.24, 2.45) is 5.16 Å². The Labute approximate surface area is 217 Å². The summed E-state index contributed by atoms with van der Waals surface area (Å²) in [7, 11) is 0.200. The van der Waals surface area contributed by atoms with Gasteiger partial charge in [0.25, 0.3) is 0 Å². The molecule has 0 amide bonds. The van der Waals surface area contributed by atoms with Gasteiger partial charge in [0, 0.05) is 43.2 Å². The third-order valence-corrected chi connectivity index (χ3v) is 7.73. The molecule has 3 aromatic rings. The summed E-state index contributed by atoms with van der Waals surface area (Å²) in [6.07, 6.45) is 4.83. The number of hydrogen-bond donors (Lipinski definition) is 1. The van der Waals surface area contributed by atoms with Gasteiger partial charge in [0.2, 0.25) is 10.0 Å². The summed E-state index contributed by atoms with van der Waals surface area (Å²) in [4.78, 5) is 21.0. The van der Waals surface area contributed by atoms with Crippen LogP contribution in [0.1, 0.15) is 16.8 Å². The first-order valence-corrected chi connectivity index (χ1v) is 13.3. The summed E-state index contributed by atoms with van der Waals surface area (Å²) >= 11 is 0. The largest absolute Gasteiger partial charge is 0.394 e. The molecule has 1 aliphatic rings. The van der Waals surface area contributed by atoms with Crippen LogP contribution >= 0.6 is 0 Å². The number of rotatable bonds is 9. The zero-order valence-electron chi connectivity index (χ0n) is 21.2. The summed E-state index contributed by atoms with van der Waals surface area (Å²) in [6.45, 7) is 4.31. The number of nitrogen functional groups attached to an aromatic ring is 1. The molecule has 11 nitrogen and oxygen atoms in total. The van der Waals surface area contributed by atoms with E-state index in [9.17, 15) is 8.42 Å². The number of likely N-dealkylation sites (N-methyl/N-ethyl adjacent to an activating group) is 1. The molecule has 2 N–H and O–H groups in total. The molecule has 12 heteroatoms. The smallest absolute Gasteiger partial charge is 0.243 e. The molecular weight excluding hydrogens is 494 g/mol. The fraction of sp³-hybridized carbons (Fsp3) is 0.360. The summed E-state index contributed by atoms with van der Waals surface area (Å²) in [6, 6.07) is 8.60. The van der Waals surface area contributed by atoms with Crippen molar-refractivity contribution in [3.05, 3.63) is 65.7 Å². The lowest BCUT2D eigenvalue weighted by atomic mass is 10.1. The van der Waals surface area contributed by atoms with Crippen LogP contribution in [0.2, 0.25) is 0 Å². The van der Waals surface area contributed by atoms with Crippen molar-refractivity contribution in [2.45, 2.75) is 11.8 Å². The number of pyridine rings is 1. The average molecular weight is 526 g/mol. The van der Waals surface area contributed by atoms with Gasteiger partial charge in [-0.2, -0.15) is 4.31 Å². The number of sulfonamides is 1. The molecule has 0 radical (unpaired) electrons. The highest BCUT2D eigenvalue weighted by Gasteiger charge is 2.27. The fourth-order valence-electron chi connectivity index (χ4n) is 3.75. The van der Waals surface area contributed by atoms with Gasteiger partial charge in [-0.15, -0.1) is 0 Å². The number of benzene rings is 1. The SMILES string of the molecule is Cc1ccc(S(=O)(=O)N2CCOCC2)cc1-c1cnc(N)c(C(=NOCCN(C)C)c2cccnc2)n1. The number of ether oxygens (including phenoxy) is 1. The predicted molar refractivity (Wildman–Crippen MR) is 141 cm³/mol. The maximum Gasteiger partial charge on any atom is 0.243 e. The Kier molecular flexibility index (Phi) is 8.44. The first-order chi connectivity index (χ1) is 17.8. The van der Waals surface area contributed by atoms with Crippen LogP contribution in [-0.4, -0.2) is 91.8 Å². The number of aryl methyl sites for hydroxylation is 1. The van der Waals surface area contributed by atoms with Gasteiger partial charge in [0.15, 0.2) is 5.82 Å². The van der Waals surface area contributed by atoms with Crippen molar-refractivity contribution >= 4 is 21.6 Å². The van der Waals surface area contributed by atoms with Crippen LogP contribution in [0.5, 0.6) is 0 Å². The molecule has 4 rings (SSSR count). The molecule has 0 bridgehead atoms. The van der Waals surface area contributed by atoms with E-state index in [4.69, 9.17) is 20.3 Å². The van der Waals surface area contributed by atoms with Crippen LogP contribution in [0, 0.1) is 6.92 Å². The lowest BCUT2D eigenvalue weighted by Gasteiger charge is -2.26. The van der Waals surface area contributed by atoms with Gasteiger partial charge in [-0.3, -0.25) is 4.98 Å². The Balaban J connectivity index is 1.74. The van der Waals surface area contributed by atoms with Gasteiger partial charge >= 0.3 is 0 Å². The number of anilines is 1. The van der Waals surface area contributed by atoms with Gasteiger partial charge in [-0.1, -0.05) is 11.2 Å². The van der Waals surface area contributed by atoms with E-state index in [1.165, 1.54) is 10.5 Å². The zero-order chi connectivity index (χ0) is 26.4. The molecule has 0 atom stereocenters. The van der Waals surface area contributed by atoms with Gasteiger partial charge in [0.05, 0.1) is 30.0 Å². The minimum Gasteiger partial charge on any atom is -0.394 e. The number of aromatic nitrogens is 3. The van der Waals surface area contributed by atoms with Crippen molar-refractivity contribution in [3.63, 3.8) is 0 Å². The highest BCUT2D eigenvalue weighted by atomic mass is 32.2. The highest BCUT2D eigenvalue weighted by molar-refractivity contribution is 7.89. The lowest BCUT2D eigenvalue weighted by molar-refractivity contribution is 0.0730. The van der Waals surface area contributed by atoms with Crippen molar-refractivity contribution in [1.29, 1.82) is 0 Å². The second-order valence-electron chi connectivity index (χ2n) is 8.80.